The summed E-state index contributed by atoms with van der Waals surface area (Å²) < 4.78 is 21.0. The van der Waals surface area contributed by atoms with Crippen LogP contribution in [0.25, 0.3) is 6.08 Å². The molecule has 2 N–H and O–H groups in total. The van der Waals surface area contributed by atoms with Crippen molar-refractivity contribution in [1.29, 1.82) is 0 Å². The quantitative estimate of drug-likeness (QED) is 0.742. The fourth-order valence-electron chi connectivity index (χ4n) is 3.90. The fraction of sp³-hybridized carbons (Fsp3) is 0.182. The lowest BCUT2D eigenvalue weighted by Crippen LogP contribution is -2.32. The number of aromatic nitrogens is 2. The van der Waals surface area contributed by atoms with Crippen LogP contribution in [0.1, 0.15) is 32.9 Å². The molecule has 1 amide bonds. The van der Waals surface area contributed by atoms with E-state index in [9.17, 15) is 9.18 Å². The lowest BCUT2D eigenvalue weighted by atomic mass is 9.68. The first-order valence-corrected chi connectivity index (χ1v) is 8.94. The number of fused-ring (bicyclic) bond motifs is 1. The topological polar surface area (TPSA) is 70.1 Å². The summed E-state index contributed by atoms with van der Waals surface area (Å²) in [5.41, 5.74) is 8.49. The average Bonchev–Trinajstić information content (AvgIpc) is 3.07. The van der Waals surface area contributed by atoms with Gasteiger partial charge in [0.2, 0.25) is 0 Å². The second-order valence-electron chi connectivity index (χ2n) is 6.85. The third-order valence-electron chi connectivity index (χ3n) is 5.19. The normalized spacial score (nSPS) is 18.1. The summed E-state index contributed by atoms with van der Waals surface area (Å²) >= 11 is 0. The van der Waals surface area contributed by atoms with E-state index in [1.165, 1.54) is 6.07 Å². The molecule has 1 aliphatic rings. The molecular formula is C22H20FN3O2. The van der Waals surface area contributed by atoms with Gasteiger partial charge in [0, 0.05) is 24.5 Å². The van der Waals surface area contributed by atoms with Gasteiger partial charge >= 0.3 is 0 Å². The van der Waals surface area contributed by atoms with Crippen LogP contribution in [0, 0.1) is 5.82 Å². The molecular weight excluding hydrogens is 357 g/mol. The van der Waals surface area contributed by atoms with Gasteiger partial charge in [-0.25, -0.2) is 9.07 Å². The van der Waals surface area contributed by atoms with E-state index in [1.54, 1.807) is 23.9 Å². The van der Waals surface area contributed by atoms with E-state index in [1.807, 2.05) is 48.6 Å². The molecule has 142 valence electrons. The van der Waals surface area contributed by atoms with Crippen LogP contribution in [0.15, 0.2) is 60.7 Å². The van der Waals surface area contributed by atoms with Crippen molar-refractivity contribution in [3.63, 3.8) is 0 Å². The Hall–Kier alpha value is -3.25. The monoisotopic (exact) mass is 377 g/mol. The molecule has 0 bridgehead atoms. The summed E-state index contributed by atoms with van der Waals surface area (Å²) in [6.07, 6.45) is 4.36. The highest BCUT2D eigenvalue weighted by Crippen LogP contribution is 2.42. The minimum Gasteiger partial charge on any atom is -0.364 e. The number of halogens is 1. The van der Waals surface area contributed by atoms with Crippen LogP contribution in [0.5, 0.6) is 0 Å². The highest BCUT2D eigenvalue weighted by molar-refractivity contribution is 5.95. The third kappa shape index (κ3) is 2.92. The number of carbonyl (C=O) groups excluding carboxylic acids is 1. The van der Waals surface area contributed by atoms with Gasteiger partial charge < -0.3 is 10.5 Å². The van der Waals surface area contributed by atoms with Crippen molar-refractivity contribution in [3.05, 3.63) is 94.6 Å². The minimum absolute atomic E-state index is 0.192. The Labute approximate surface area is 162 Å². The fourth-order valence-corrected chi connectivity index (χ4v) is 3.90. The van der Waals surface area contributed by atoms with Crippen LogP contribution in [0.2, 0.25) is 0 Å². The standard InChI is InChI=1S/C22H20FN3O2/c1-28-14-26-19-13-22(15-6-3-2-4-7-15,16-8-5-9-17(23)12-16)11-10-18(19)20(25-26)21(24)27/h2-12H,13-14H2,1H3,(H2,24,27). The number of hydrogen-bond acceptors (Lipinski definition) is 3. The molecule has 0 saturated heterocycles. The van der Waals surface area contributed by atoms with E-state index >= 15 is 0 Å². The number of nitrogens with two attached hydrogens (primary N) is 1. The molecule has 4 rings (SSSR count). The van der Waals surface area contributed by atoms with Gasteiger partial charge in [-0.15, -0.1) is 0 Å². The molecule has 1 unspecified atom stereocenters. The SMILES string of the molecule is COCn1nc(C(N)=O)c2c1CC(c1ccccc1)(c1cccc(F)c1)C=C2. The molecule has 0 spiro atoms. The maximum Gasteiger partial charge on any atom is 0.269 e. The van der Waals surface area contributed by atoms with Gasteiger partial charge in [-0.3, -0.25) is 4.79 Å². The number of rotatable bonds is 5. The predicted octanol–water partition coefficient (Wildman–Crippen LogP) is 3.28. The highest BCUT2D eigenvalue weighted by atomic mass is 19.1. The minimum atomic E-state index is -0.600. The Morgan fingerprint density at radius 3 is 2.64 bits per heavy atom. The zero-order chi connectivity index (χ0) is 19.7. The van der Waals surface area contributed by atoms with E-state index in [2.05, 4.69) is 5.10 Å². The number of benzene rings is 2. The molecule has 0 saturated carbocycles. The Kier molecular flexibility index (Phi) is 4.57. The smallest absolute Gasteiger partial charge is 0.269 e. The van der Waals surface area contributed by atoms with E-state index in [4.69, 9.17) is 10.5 Å². The number of carbonyl (C=O) groups is 1. The van der Waals surface area contributed by atoms with Crippen LogP contribution in [0.4, 0.5) is 4.39 Å². The van der Waals surface area contributed by atoms with Crippen LogP contribution in [-0.4, -0.2) is 22.8 Å². The van der Waals surface area contributed by atoms with Crippen molar-refractivity contribution >= 4 is 12.0 Å². The maximum atomic E-state index is 14.1. The summed E-state index contributed by atoms with van der Waals surface area (Å²) in [5, 5.41) is 4.34. The Bertz CT molecular complexity index is 1060. The number of allylic oxidation sites excluding steroid dienone is 1. The summed E-state index contributed by atoms with van der Waals surface area (Å²) in [5.74, 6) is -0.885. The summed E-state index contributed by atoms with van der Waals surface area (Å²) in [6.45, 7) is 0.192. The molecule has 1 heterocycles. The molecule has 0 radical (unpaired) electrons. The second-order valence-corrected chi connectivity index (χ2v) is 6.85. The molecule has 3 aromatic rings. The van der Waals surface area contributed by atoms with Crippen molar-refractivity contribution in [2.45, 2.75) is 18.6 Å². The molecule has 0 fully saturated rings. The lowest BCUT2D eigenvalue weighted by Gasteiger charge is -2.35. The van der Waals surface area contributed by atoms with Gasteiger partial charge in [0.1, 0.15) is 12.5 Å². The average molecular weight is 377 g/mol. The van der Waals surface area contributed by atoms with Crippen LogP contribution in [0.3, 0.4) is 0 Å². The predicted molar refractivity (Wildman–Crippen MR) is 104 cm³/mol. The first-order valence-electron chi connectivity index (χ1n) is 8.94. The number of nitrogens with zero attached hydrogens (tertiary/aromatic N) is 2. The third-order valence-corrected chi connectivity index (χ3v) is 5.19. The van der Waals surface area contributed by atoms with Gasteiger partial charge in [0.25, 0.3) is 5.91 Å². The van der Waals surface area contributed by atoms with Crippen molar-refractivity contribution in [3.8, 4) is 0 Å². The van der Waals surface area contributed by atoms with Crippen molar-refractivity contribution in [2.24, 2.45) is 5.73 Å². The molecule has 1 aliphatic carbocycles. The zero-order valence-corrected chi connectivity index (χ0v) is 15.4. The summed E-state index contributed by atoms with van der Waals surface area (Å²) in [6, 6.07) is 16.5. The van der Waals surface area contributed by atoms with E-state index < -0.39 is 11.3 Å². The largest absolute Gasteiger partial charge is 0.364 e. The molecule has 0 aliphatic heterocycles. The van der Waals surface area contributed by atoms with E-state index in [-0.39, 0.29) is 18.2 Å². The molecule has 6 heteroatoms. The maximum absolute atomic E-state index is 14.1. The Morgan fingerprint density at radius 1 is 1.21 bits per heavy atom. The van der Waals surface area contributed by atoms with Crippen molar-refractivity contribution in [1.82, 2.24) is 9.78 Å². The van der Waals surface area contributed by atoms with Crippen LogP contribution >= 0.6 is 0 Å². The van der Waals surface area contributed by atoms with Gasteiger partial charge in [-0.05, 0) is 23.3 Å². The van der Waals surface area contributed by atoms with Crippen molar-refractivity contribution in [2.75, 3.05) is 7.11 Å². The van der Waals surface area contributed by atoms with Gasteiger partial charge in [-0.1, -0.05) is 54.6 Å². The van der Waals surface area contributed by atoms with Crippen LogP contribution in [-0.2, 0) is 23.3 Å². The number of ether oxygens (including phenoxy) is 1. The number of hydrogen-bond donors (Lipinski definition) is 1. The van der Waals surface area contributed by atoms with Gasteiger partial charge in [0.15, 0.2) is 5.69 Å². The zero-order valence-electron chi connectivity index (χ0n) is 15.4. The first kappa shape index (κ1) is 18.1. The van der Waals surface area contributed by atoms with Gasteiger partial charge in [0.05, 0.1) is 5.69 Å². The molecule has 2 aromatic carbocycles. The lowest BCUT2D eigenvalue weighted by molar-refractivity contribution is 0.0985. The summed E-state index contributed by atoms with van der Waals surface area (Å²) in [7, 11) is 1.56. The van der Waals surface area contributed by atoms with Gasteiger partial charge in [-0.2, -0.15) is 5.10 Å². The van der Waals surface area contributed by atoms with E-state index in [0.717, 1.165) is 16.8 Å². The number of amides is 1. The van der Waals surface area contributed by atoms with E-state index in [0.29, 0.717) is 12.0 Å². The van der Waals surface area contributed by atoms with Crippen molar-refractivity contribution < 1.29 is 13.9 Å². The summed E-state index contributed by atoms with van der Waals surface area (Å²) in [4.78, 5) is 11.9. The first-order chi connectivity index (χ1) is 13.5. The molecule has 5 nitrogen and oxygen atoms in total. The Balaban J connectivity index is 1.94. The molecule has 28 heavy (non-hydrogen) atoms. The highest BCUT2D eigenvalue weighted by Gasteiger charge is 2.38. The molecule has 1 atom stereocenters. The Morgan fingerprint density at radius 2 is 1.96 bits per heavy atom. The second kappa shape index (κ2) is 7.05. The van der Waals surface area contributed by atoms with Crippen LogP contribution < -0.4 is 5.73 Å². The number of methoxy groups -OCH3 is 1. The number of primary amides is 1. The molecule has 1 aromatic heterocycles.